The molecule has 0 aliphatic carbocycles. The molecule has 0 radical (unpaired) electrons. The minimum atomic E-state index is -0.458. The second-order valence-corrected chi connectivity index (χ2v) is 6.34. The quantitative estimate of drug-likeness (QED) is 0.529. The fraction of sp³-hybridized carbons (Fsp3) is 0.286. The fourth-order valence-corrected chi connectivity index (χ4v) is 2.76. The van der Waals surface area contributed by atoms with E-state index in [4.69, 9.17) is 18.9 Å². The lowest BCUT2D eigenvalue weighted by Crippen LogP contribution is -2.35. The molecule has 3 rings (SSSR count). The van der Waals surface area contributed by atoms with E-state index in [0.29, 0.717) is 47.5 Å². The van der Waals surface area contributed by atoms with Crippen molar-refractivity contribution in [3.8, 4) is 23.0 Å². The standard InChI is InChI=1S/C21H23N3O6/c1-13(14-4-7-17-19(10-14)30-9-8-29-17)23-24-20(25)12-22-21(26)15-5-6-16(27-2)18(11-15)28-3/h4-7,10-11H,8-9,12H2,1-3H3,(H,22,26)(H,24,25). The van der Waals surface area contributed by atoms with E-state index in [-0.39, 0.29) is 6.54 Å². The highest BCUT2D eigenvalue weighted by Gasteiger charge is 2.14. The van der Waals surface area contributed by atoms with E-state index < -0.39 is 11.8 Å². The summed E-state index contributed by atoms with van der Waals surface area (Å²) >= 11 is 0. The van der Waals surface area contributed by atoms with Gasteiger partial charge in [-0.3, -0.25) is 9.59 Å². The van der Waals surface area contributed by atoms with Gasteiger partial charge in [0, 0.05) is 11.1 Å². The minimum Gasteiger partial charge on any atom is -0.493 e. The number of hydrazone groups is 1. The molecule has 2 aromatic rings. The lowest BCUT2D eigenvalue weighted by molar-refractivity contribution is -0.120. The van der Waals surface area contributed by atoms with Crippen LogP contribution in [0.2, 0.25) is 0 Å². The molecule has 0 aromatic heterocycles. The summed E-state index contributed by atoms with van der Waals surface area (Å²) in [6.45, 7) is 2.53. The Balaban J connectivity index is 1.54. The second-order valence-electron chi connectivity index (χ2n) is 6.34. The molecule has 0 fully saturated rings. The fourth-order valence-electron chi connectivity index (χ4n) is 2.76. The molecule has 1 aliphatic rings. The zero-order valence-electron chi connectivity index (χ0n) is 17.0. The number of hydrogen-bond donors (Lipinski definition) is 2. The van der Waals surface area contributed by atoms with Crippen LogP contribution in [-0.2, 0) is 4.79 Å². The third-order valence-electron chi connectivity index (χ3n) is 4.36. The summed E-state index contributed by atoms with van der Waals surface area (Å²) in [6.07, 6.45) is 0. The monoisotopic (exact) mass is 413 g/mol. The van der Waals surface area contributed by atoms with Gasteiger partial charge in [-0.05, 0) is 43.3 Å². The summed E-state index contributed by atoms with van der Waals surface area (Å²) in [5.41, 5.74) is 4.15. The molecule has 2 aromatic carbocycles. The van der Waals surface area contributed by atoms with Crippen molar-refractivity contribution in [1.82, 2.24) is 10.7 Å². The maximum absolute atomic E-state index is 12.3. The third kappa shape index (κ3) is 4.99. The lowest BCUT2D eigenvalue weighted by atomic mass is 10.1. The van der Waals surface area contributed by atoms with E-state index in [1.807, 2.05) is 6.07 Å². The predicted octanol–water partition coefficient (Wildman–Crippen LogP) is 1.75. The van der Waals surface area contributed by atoms with Gasteiger partial charge in [0.25, 0.3) is 11.8 Å². The van der Waals surface area contributed by atoms with Crippen LogP contribution < -0.4 is 29.7 Å². The molecule has 0 saturated heterocycles. The van der Waals surface area contributed by atoms with Crippen molar-refractivity contribution in [3.05, 3.63) is 47.5 Å². The van der Waals surface area contributed by atoms with Crippen molar-refractivity contribution in [1.29, 1.82) is 0 Å². The molecule has 0 bridgehead atoms. The highest BCUT2D eigenvalue weighted by molar-refractivity contribution is 6.00. The Hall–Kier alpha value is -3.75. The van der Waals surface area contributed by atoms with Crippen molar-refractivity contribution in [2.45, 2.75) is 6.92 Å². The topological polar surface area (TPSA) is 107 Å². The van der Waals surface area contributed by atoms with E-state index in [1.54, 1.807) is 31.2 Å². The van der Waals surface area contributed by atoms with Crippen LogP contribution in [0.25, 0.3) is 0 Å². The highest BCUT2D eigenvalue weighted by Crippen LogP contribution is 2.31. The number of rotatable bonds is 7. The Morgan fingerprint density at radius 2 is 1.67 bits per heavy atom. The highest BCUT2D eigenvalue weighted by atomic mass is 16.6. The molecule has 9 nitrogen and oxygen atoms in total. The van der Waals surface area contributed by atoms with Gasteiger partial charge in [0.05, 0.1) is 26.5 Å². The van der Waals surface area contributed by atoms with Crippen molar-refractivity contribution >= 4 is 17.5 Å². The molecule has 0 unspecified atom stereocenters. The van der Waals surface area contributed by atoms with Gasteiger partial charge in [-0.2, -0.15) is 5.10 Å². The summed E-state index contributed by atoms with van der Waals surface area (Å²) in [6, 6.07) is 10.2. The van der Waals surface area contributed by atoms with Gasteiger partial charge in [0.2, 0.25) is 0 Å². The van der Waals surface area contributed by atoms with Crippen LogP contribution in [0.3, 0.4) is 0 Å². The number of benzene rings is 2. The van der Waals surface area contributed by atoms with Gasteiger partial charge < -0.3 is 24.3 Å². The number of ether oxygens (including phenoxy) is 4. The van der Waals surface area contributed by atoms with Crippen LogP contribution in [0.15, 0.2) is 41.5 Å². The SMILES string of the molecule is COc1ccc(C(=O)NCC(=O)NN=C(C)c2ccc3c(c2)OCCO3)cc1OC. The maximum Gasteiger partial charge on any atom is 0.259 e. The zero-order chi connectivity index (χ0) is 21.5. The first kappa shape index (κ1) is 21.0. The summed E-state index contributed by atoms with van der Waals surface area (Å²) < 4.78 is 21.3. The normalized spacial score (nSPS) is 12.7. The third-order valence-corrected chi connectivity index (χ3v) is 4.36. The molecule has 158 valence electrons. The van der Waals surface area contributed by atoms with Crippen LogP contribution in [0.5, 0.6) is 23.0 Å². The van der Waals surface area contributed by atoms with Crippen LogP contribution in [0.1, 0.15) is 22.8 Å². The smallest absolute Gasteiger partial charge is 0.259 e. The van der Waals surface area contributed by atoms with Gasteiger partial charge in [0.15, 0.2) is 23.0 Å². The Bertz CT molecular complexity index is 973. The first-order valence-corrected chi connectivity index (χ1v) is 9.25. The average molecular weight is 413 g/mol. The Kier molecular flexibility index (Phi) is 6.74. The zero-order valence-corrected chi connectivity index (χ0v) is 17.0. The van der Waals surface area contributed by atoms with E-state index in [9.17, 15) is 9.59 Å². The molecule has 1 aliphatic heterocycles. The van der Waals surface area contributed by atoms with Crippen LogP contribution in [0, 0.1) is 0 Å². The van der Waals surface area contributed by atoms with Crippen LogP contribution >= 0.6 is 0 Å². The first-order chi connectivity index (χ1) is 14.5. The Morgan fingerprint density at radius 3 is 2.40 bits per heavy atom. The van der Waals surface area contributed by atoms with Gasteiger partial charge in [-0.25, -0.2) is 5.43 Å². The van der Waals surface area contributed by atoms with Crippen molar-refractivity contribution < 1.29 is 28.5 Å². The predicted molar refractivity (Wildman–Crippen MR) is 110 cm³/mol. The van der Waals surface area contributed by atoms with E-state index in [2.05, 4.69) is 15.8 Å². The molecule has 2 N–H and O–H groups in total. The average Bonchev–Trinajstić information content (AvgIpc) is 2.79. The molecular formula is C21H23N3O6. The molecule has 0 atom stereocenters. The summed E-state index contributed by atoms with van der Waals surface area (Å²) in [7, 11) is 2.99. The number of nitrogens with zero attached hydrogens (tertiary/aromatic N) is 1. The van der Waals surface area contributed by atoms with E-state index >= 15 is 0 Å². The van der Waals surface area contributed by atoms with Crippen molar-refractivity contribution in [3.63, 3.8) is 0 Å². The van der Waals surface area contributed by atoms with Crippen LogP contribution in [0.4, 0.5) is 0 Å². The van der Waals surface area contributed by atoms with Gasteiger partial charge in [-0.15, -0.1) is 0 Å². The van der Waals surface area contributed by atoms with E-state index in [0.717, 1.165) is 5.56 Å². The lowest BCUT2D eigenvalue weighted by Gasteiger charge is -2.18. The molecule has 9 heteroatoms. The Morgan fingerprint density at radius 1 is 0.967 bits per heavy atom. The Labute approximate surface area is 174 Å². The number of hydrogen-bond acceptors (Lipinski definition) is 7. The summed E-state index contributed by atoms with van der Waals surface area (Å²) in [5, 5.41) is 6.62. The summed E-state index contributed by atoms with van der Waals surface area (Å²) in [5.74, 6) is 1.38. The van der Waals surface area contributed by atoms with Gasteiger partial charge >= 0.3 is 0 Å². The van der Waals surface area contributed by atoms with E-state index in [1.165, 1.54) is 20.3 Å². The van der Waals surface area contributed by atoms with Crippen molar-refractivity contribution in [2.75, 3.05) is 34.0 Å². The summed E-state index contributed by atoms with van der Waals surface area (Å²) in [4.78, 5) is 24.3. The number of amides is 2. The molecular weight excluding hydrogens is 390 g/mol. The molecule has 0 spiro atoms. The van der Waals surface area contributed by atoms with Crippen LogP contribution in [-0.4, -0.2) is 51.5 Å². The van der Waals surface area contributed by atoms with Crippen molar-refractivity contribution in [2.24, 2.45) is 5.10 Å². The molecule has 0 saturated carbocycles. The molecule has 2 amide bonds. The number of fused-ring (bicyclic) bond motifs is 1. The maximum atomic E-state index is 12.3. The largest absolute Gasteiger partial charge is 0.493 e. The van der Waals surface area contributed by atoms with Gasteiger partial charge in [-0.1, -0.05) is 0 Å². The second kappa shape index (κ2) is 9.64. The first-order valence-electron chi connectivity index (χ1n) is 9.25. The number of carbonyl (C=O) groups excluding carboxylic acids is 2. The number of carbonyl (C=O) groups is 2. The minimum absolute atomic E-state index is 0.231. The van der Waals surface area contributed by atoms with Gasteiger partial charge in [0.1, 0.15) is 13.2 Å². The molecule has 30 heavy (non-hydrogen) atoms. The number of methoxy groups -OCH3 is 2. The molecule has 1 heterocycles. The number of nitrogens with one attached hydrogen (secondary N) is 2.